The Bertz CT molecular complexity index is 760. The van der Waals surface area contributed by atoms with E-state index in [4.69, 9.17) is 14.2 Å². The van der Waals surface area contributed by atoms with Crippen LogP contribution in [0.2, 0.25) is 0 Å². The Morgan fingerprint density at radius 1 is 1.34 bits per heavy atom. The normalized spacial score (nSPS) is 18.4. The predicted molar refractivity (Wildman–Crippen MR) is 105 cm³/mol. The van der Waals surface area contributed by atoms with Crippen molar-refractivity contribution in [1.82, 2.24) is 9.55 Å². The number of halogens is 1. The number of nitrogens with one attached hydrogen (secondary N) is 1. The van der Waals surface area contributed by atoms with Crippen molar-refractivity contribution in [3.05, 3.63) is 22.5 Å². The minimum absolute atomic E-state index is 0.0328. The molecule has 1 aromatic rings. The number of aromatic nitrogens is 2. The van der Waals surface area contributed by atoms with Crippen molar-refractivity contribution in [2.75, 3.05) is 24.3 Å². The number of carbonyl (C=O) groups excluding carboxylic acids is 2. The highest BCUT2D eigenvalue weighted by atomic mass is 32.2. The quantitative estimate of drug-likeness (QED) is 0.445. The van der Waals surface area contributed by atoms with E-state index >= 15 is 0 Å². The molecule has 2 heterocycles. The van der Waals surface area contributed by atoms with Gasteiger partial charge in [0, 0.05) is 12.7 Å². The van der Waals surface area contributed by atoms with Crippen LogP contribution in [0.3, 0.4) is 0 Å². The smallest absolute Gasteiger partial charge is 0.412 e. The lowest BCUT2D eigenvalue weighted by Gasteiger charge is -2.15. The van der Waals surface area contributed by atoms with Gasteiger partial charge in [0.25, 0.3) is 0 Å². The molecule has 0 aliphatic carbocycles. The maximum absolute atomic E-state index is 14.3. The summed E-state index contributed by atoms with van der Waals surface area (Å²) in [4.78, 5) is 38.4. The van der Waals surface area contributed by atoms with Gasteiger partial charge in [0.2, 0.25) is 0 Å². The van der Waals surface area contributed by atoms with Gasteiger partial charge >= 0.3 is 17.8 Å². The van der Waals surface area contributed by atoms with Gasteiger partial charge in [0.15, 0.2) is 11.6 Å². The molecule has 0 bridgehead atoms. The van der Waals surface area contributed by atoms with Gasteiger partial charge in [-0.3, -0.25) is 14.7 Å². The third-order valence-corrected chi connectivity index (χ3v) is 5.17. The van der Waals surface area contributed by atoms with Crippen molar-refractivity contribution in [2.24, 2.45) is 0 Å². The van der Waals surface area contributed by atoms with Crippen LogP contribution in [0.5, 0.6) is 0 Å². The molecule has 0 radical (unpaired) electrons. The van der Waals surface area contributed by atoms with E-state index in [1.165, 1.54) is 18.7 Å². The number of amides is 1. The van der Waals surface area contributed by atoms with Crippen molar-refractivity contribution in [3.8, 4) is 0 Å². The molecule has 11 heteroatoms. The van der Waals surface area contributed by atoms with E-state index in [1.807, 2.05) is 0 Å². The first-order valence-corrected chi connectivity index (χ1v) is 10.6. The van der Waals surface area contributed by atoms with Crippen molar-refractivity contribution >= 4 is 29.6 Å². The van der Waals surface area contributed by atoms with Crippen LogP contribution in [0.15, 0.2) is 11.0 Å². The van der Waals surface area contributed by atoms with Gasteiger partial charge in [0.1, 0.15) is 18.3 Å². The number of nitrogens with zero attached hydrogens (tertiary/aromatic N) is 2. The molecule has 2 atom stereocenters. The zero-order chi connectivity index (χ0) is 21.2. The molecule has 0 spiro atoms. The average molecular weight is 431 g/mol. The standard InChI is InChI=1S/C18H26FN3O6S/c1-3-4-5-6-7-8-26-18(25)21-16-13(19)9-22(17(24)20-16)14-11-29-15(28-14)10-27-12(2)23/h9,14-15H,3-8,10-11H2,1-2H3,(H,20,21,24,25)/t14-,15+/m0/s1. The summed E-state index contributed by atoms with van der Waals surface area (Å²) < 4.78 is 30.7. The highest BCUT2D eigenvalue weighted by molar-refractivity contribution is 8.00. The third kappa shape index (κ3) is 7.65. The summed E-state index contributed by atoms with van der Waals surface area (Å²) in [5.41, 5.74) is -1.23. The molecule has 0 saturated carbocycles. The van der Waals surface area contributed by atoms with E-state index in [0.29, 0.717) is 5.75 Å². The fourth-order valence-corrected chi connectivity index (χ4v) is 3.59. The second kappa shape index (κ2) is 11.8. The molecular formula is C18H26FN3O6S. The molecule has 1 aromatic heterocycles. The van der Waals surface area contributed by atoms with Gasteiger partial charge in [-0.2, -0.15) is 4.98 Å². The number of hydrogen-bond acceptors (Lipinski definition) is 8. The Hall–Kier alpha value is -2.14. The Morgan fingerprint density at radius 3 is 2.83 bits per heavy atom. The molecule has 29 heavy (non-hydrogen) atoms. The van der Waals surface area contributed by atoms with E-state index in [-0.39, 0.29) is 13.2 Å². The van der Waals surface area contributed by atoms with Crippen LogP contribution in [-0.4, -0.2) is 46.0 Å². The Balaban J connectivity index is 1.86. The molecule has 1 aliphatic heterocycles. The van der Waals surface area contributed by atoms with E-state index in [9.17, 15) is 18.8 Å². The fraction of sp³-hybridized carbons (Fsp3) is 0.667. The first-order chi connectivity index (χ1) is 13.9. The minimum Gasteiger partial charge on any atom is -0.462 e. The van der Waals surface area contributed by atoms with Crippen LogP contribution in [-0.2, 0) is 19.0 Å². The summed E-state index contributed by atoms with van der Waals surface area (Å²) >= 11 is 1.33. The highest BCUT2D eigenvalue weighted by Gasteiger charge is 2.29. The first kappa shape index (κ1) is 23.1. The largest absolute Gasteiger partial charge is 0.462 e. The molecular weight excluding hydrogens is 405 g/mol. The lowest BCUT2D eigenvalue weighted by Crippen LogP contribution is -2.31. The van der Waals surface area contributed by atoms with Crippen molar-refractivity contribution in [3.63, 3.8) is 0 Å². The van der Waals surface area contributed by atoms with Gasteiger partial charge in [-0.15, -0.1) is 11.8 Å². The number of unbranched alkanes of at least 4 members (excludes halogenated alkanes) is 4. The van der Waals surface area contributed by atoms with Crippen LogP contribution >= 0.6 is 11.8 Å². The highest BCUT2D eigenvalue weighted by Crippen LogP contribution is 2.31. The topological polar surface area (TPSA) is 109 Å². The van der Waals surface area contributed by atoms with E-state index in [1.54, 1.807) is 0 Å². The first-order valence-electron chi connectivity index (χ1n) is 9.53. The maximum Gasteiger partial charge on any atom is 0.412 e. The van der Waals surface area contributed by atoms with Crippen molar-refractivity contribution in [2.45, 2.75) is 57.6 Å². The monoisotopic (exact) mass is 431 g/mol. The Labute approximate surface area is 172 Å². The van der Waals surface area contributed by atoms with Gasteiger partial charge < -0.3 is 14.2 Å². The molecule has 9 nitrogen and oxygen atoms in total. The number of ether oxygens (including phenoxy) is 3. The Kier molecular flexibility index (Phi) is 9.39. The molecule has 1 aliphatic rings. The number of thioether (sulfide) groups is 1. The summed E-state index contributed by atoms with van der Waals surface area (Å²) in [5, 5.41) is 2.15. The van der Waals surface area contributed by atoms with Gasteiger partial charge in [-0.25, -0.2) is 14.0 Å². The second-order valence-electron chi connectivity index (χ2n) is 6.46. The number of esters is 1. The van der Waals surface area contributed by atoms with Crippen LogP contribution in [0.4, 0.5) is 15.0 Å². The van der Waals surface area contributed by atoms with Crippen LogP contribution in [0.1, 0.15) is 52.2 Å². The van der Waals surface area contributed by atoms with E-state index in [2.05, 4.69) is 17.2 Å². The SMILES string of the molecule is CCCCCCCOC(=O)Nc1nc(=O)n([C@@H]2CS[C@H](COC(C)=O)O2)cc1F. The summed E-state index contributed by atoms with van der Waals surface area (Å²) in [6.45, 7) is 3.64. The fourth-order valence-electron chi connectivity index (χ4n) is 2.60. The molecule has 2 rings (SSSR count). The zero-order valence-corrected chi connectivity index (χ0v) is 17.3. The predicted octanol–water partition coefficient (Wildman–Crippen LogP) is 3.05. The third-order valence-electron chi connectivity index (χ3n) is 4.07. The van der Waals surface area contributed by atoms with E-state index < -0.39 is 41.1 Å². The zero-order valence-electron chi connectivity index (χ0n) is 16.5. The minimum atomic E-state index is -0.887. The molecule has 0 aromatic carbocycles. The second-order valence-corrected chi connectivity index (χ2v) is 7.65. The number of hydrogen-bond donors (Lipinski definition) is 1. The van der Waals surface area contributed by atoms with Crippen LogP contribution < -0.4 is 11.0 Å². The molecule has 162 valence electrons. The number of anilines is 1. The molecule has 1 amide bonds. The number of carbonyl (C=O) groups is 2. The summed E-state index contributed by atoms with van der Waals surface area (Å²) in [6.07, 6.45) is 4.30. The lowest BCUT2D eigenvalue weighted by molar-refractivity contribution is -0.144. The van der Waals surface area contributed by atoms with E-state index in [0.717, 1.165) is 42.9 Å². The maximum atomic E-state index is 14.3. The van der Waals surface area contributed by atoms with Gasteiger partial charge in [-0.05, 0) is 6.42 Å². The van der Waals surface area contributed by atoms with Crippen LogP contribution in [0, 0.1) is 5.82 Å². The summed E-state index contributed by atoms with van der Waals surface area (Å²) in [7, 11) is 0. The Morgan fingerprint density at radius 2 is 2.10 bits per heavy atom. The average Bonchev–Trinajstić information content (AvgIpc) is 3.14. The van der Waals surface area contributed by atoms with Crippen LogP contribution in [0.25, 0.3) is 0 Å². The van der Waals surface area contributed by atoms with Crippen molar-refractivity contribution in [1.29, 1.82) is 0 Å². The lowest BCUT2D eigenvalue weighted by atomic mass is 10.2. The summed E-state index contributed by atoms with van der Waals surface area (Å²) in [5.74, 6) is -1.46. The van der Waals surface area contributed by atoms with Gasteiger partial charge in [0.05, 0.1) is 12.8 Å². The molecule has 1 saturated heterocycles. The number of rotatable bonds is 10. The van der Waals surface area contributed by atoms with Gasteiger partial charge in [-0.1, -0.05) is 32.6 Å². The molecule has 1 fully saturated rings. The van der Waals surface area contributed by atoms with Crippen molar-refractivity contribution < 1.29 is 28.2 Å². The summed E-state index contributed by atoms with van der Waals surface area (Å²) in [6, 6.07) is 0. The molecule has 1 N–H and O–H groups in total. The molecule has 0 unspecified atom stereocenters.